The molecule has 0 atom stereocenters. The average Bonchev–Trinajstić information content (AvgIpc) is 2.63. The van der Waals surface area contributed by atoms with Crippen LogP contribution in [-0.4, -0.2) is 0 Å². The van der Waals surface area contributed by atoms with Crippen LogP contribution < -0.4 is 0 Å². The van der Waals surface area contributed by atoms with Crippen molar-refractivity contribution >= 4 is 10.8 Å². The Kier molecular flexibility index (Phi) is 5.07. The van der Waals surface area contributed by atoms with Gasteiger partial charge >= 0.3 is 0 Å². The van der Waals surface area contributed by atoms with Crippen molar-refractivity contribution in [1.82, 2.24) is 0 Å². The number of fused-ring (bicyclic) bond motifs is 1. The van der Waals surface area contributed by atoms with Gasteiger partial charge in [-0.1, -0.05) is 50.2 Å². The number of rotatable bonds is 1. The smallest absolute Gasteiger partial charge is 0.158 e. The van der Waals surface area contributed by atoms with E-state index in [-0.39, 0.29) is 11.1 Å². The van der Waals surface area contributed by atoms with Gasteiger partial charge in [0.05, 0.1) is 11.1 Å². The van der Waals surface area contributed by atoms with E-state index in [1.165, 1.54) is 12.1 Å². The van der Waals surface area contributed by atoms with Gasteiger partial charge in [0, 0.05) is 0 Å². The van der Waals surface area contributed by atoms with Crippen LogP contribution in [0.15, 0.2) is 54.6 Å². The van der Waals surface area contributed by atoms with Crippen molar-refractivity contribution in [2.24, 2.45) is 0 Å². The Labute approximate surface area is 135 Å². The Hall–Kier alpha value is -3.17. The van der Waals surface area contributed by atoms with Crippen molar-refractivity contribution in [1.29, 1.82) is 10.5 Å². The minimum absolute atomic E-state index is 0.114. The van der Waals surface area contributed by atoms with Crippen LogP contribution in [0.1, 0.15) is 25.0 Å². The predicted octanol–water partition coefficient (Wildman–Crippen LogP) is 5.42. The molecule has 0 heterocycles. The van der Waals surface area contributed by atoms with Crippen LogP contribution in [0, 0.1) is 28.5 Å². The zero-order valence-corrected chi connectivity index (χ0v) is 13.0. The Bertz CT molecular complexity index is 895. The van der Waals surface area contributed by atoms with Gasteiger partial charge < -0.3 is 0 Å². The molecule has 0 amide bonds. The van der Waals surface area contributed by atoms with E-state index in [0.29, 0.717) is 5.56 Å². The van der Waals surface area contributed by atoms with E-state index in [0.717, 1.165) is 16.3 Å². The summed E-state index contributed by atoms with van der Waals surface area (Å²) >= 11 is 0. The normalized spacial score (nSPS) is 9.43. The Morgan fingerprint density at radius 2 is 1.30 bits per heavy atom. The van der Waals surface area contributed by atoms with Gasteiger partial charge in [0.25, 0.3) is 0 Å². The summed E-state index contributed by atoms with van der Waals surface area (Å²) in [5.74, 6) is -0.760. The molecule has 0 aliphatic heterocycles. The molecule has 0 radical (unpaired) electrons. The third kappa shape index (κ3) is 3.20. The van der Waals surface area contributed by atoms with E-state index in [1.54, 1.807) is 12.1 Å². The highest BCUT2D eigenvalue weighted by atomic mass is 19.1. The van der Waals surface area contributed by atoms with Crippen LogP contribution in [0.4, 0.5) is 4.39 Å². The molecule has 2 nitrogen and oxygen atoms in total. The molecule has 0 spiro atoms. The van der Waals surface area contributed by atoms with E-state index in [4.69, 9.17) is 10.5 Å². The second kappa shape index (κ2) is 7.20. The van der Waals surface area contributed by atoms with E-state index in [1.807, 2.05) is 56.3 Å². The van der Waals surface area contributed by atoms with Crippen LogP contribution in [0.2, 0.25) is 0 Å². The number of nitriles is 2. The molecule has 0 unspecified atom stereocenters. The fourth-order valence-corrected chi connectivity index (χ4v) is 2.32. The Morgan fingerprint density at radius 1 is 0.739 bits per heavy atom. The molecule has 0 saturated heterocycles. The number of hydrogen-bond acceptors (Lipinski definition) is 2. The van der Waals surface area contributed by atoms with E-state index in [2.05, 4.69) is 0 Å². The second-order valence-electron chi connectivity index (χ2n) is 4.67. The summed E-state index contributed by atoms with van der Waals surface area (Å²) in [5.41, 5.74) is 1.28. The molecule has 3 heteroatoms. The molecule has 3 aromatic carbocycles. The minimum atomic E-state index is -0.760. The maximum absolute atomic E-state index is 13.8. The number of benzene rings is 3. The highest BCUT2D eigenvalue weighted by Gasteiger charge is 2.11. The molecule has 3 rings (SSSR count). The molecule has 0 N–H and O–H groups in total. The van der Waals surface area contributed by atoms with E-state index < -0.39 is 5.82 Å². The van der Waals surface area contributed by atoms with Crippen molar-refractivity contribution < 1.29 is 4.39 Å². The molecule has 0 saturated carbocycles. The lowest BCUT2D eigenvalue weighted by Gasteiger charge is -2.06. The zero-order chi connectivity index (χ0) is 16.8. The fraction of sp³-hybridized carbons (Fsp3) is 0.100. The van der Waals surface area contributed by atoms with Crippen LogP contribution in [-0.2, 0) is 0 Å². The largest absolute Gasteiger partial charge is 0.204 e. The first-order valence-corrected chi connectivity index (χ1v) is 7.36. The topological polar surface area (TPSA) is 47.6 Å². The van der Waals surface area contributed by atoms with Crippen molar-refractivity contribution in [3.05, 3.63) is 71.5 Å². The summed E-state index contributed by atoms with van der Waals surface area (Å²) in [7, 11) is 0. The molecule has 23 heavy (non-hydrogen) atoms. The van der Waals surface area contributed by atoms with E-state index in [9.17, 15) is 4.39 Å². The number of nitrogens with zero attached hydrogens (tertiary/aromatic N) is 2. The molecular formula is C20H15FN2. The lowest BCUT2D eigenvalue weighted by atomic mass is 9.97. The van der Waals surface area contributed by atoms with Gasteiger partial charge in [-0.25, -0.2) is 4.39 Å². The third-order valence-electron chi connectivity index (χ3n) is 3.40. The van der Waals surface area contributed by atoms with Gasteiger partial charge in [0.2, 0.25) is 0 Å². The van der Waals surface area contributed by atoms with Crippen molar-refractivity contribution in [3.63, 3.8) is 0 Å². The molecule has 3 aromatic rings. The monoisotopic (exact) mass is 302 g/mol. The number of hydrogen-bond donors (Lipinski definition) is 0. The summed E-state index contributed by atoms with van der Waals surface area (Å²) in [4.78, 5) is 0. The minimum Gasteiger partial charge on any atom is -0.204 e. The highest BCUT2D eigenvalue weighted by molar-refractivity contribution is 5.87. The second-order valence-corrected chi connectivity index (χ2v) is 4.67. The van der Waals surface area contributed by atoms with Crippen molar-refractivity contribution in [3.8, 4) is 23.3 Å². The van der Waals surface area contributed by atoms with Crippen molar-refractivity contribution in [2.45, 2.75) is 13.8 Å². The van der Waals surface area contributed by atoms with Crippen LogP contribution in [0.5, 0.6) is 0 Å². The zero-order valence-electron chi connectivity index (χ0n) is 13.0. The Balaban J connectivity index is 0.000000924. The molecule has 0 bridgehead atoms. The SMILES string of the molecule is CC.N#Cc1cc(-c2ccc3ccccc3c2)cc(C#N)c1F. The van der Waals surface area contributed by atoms with Gasteiger partial charge in [0.1, 0.15) is 12.1 Å². The highest BCUT2D eigenvalue weighted by Crippen LogP contribution is 2.27. The van der Waals surface area contributed by atoms with Gasteiger partial charge in [-0.2, -0.15) is 10.5 Å². The molecule has 112 valence electrons. The molecule has 0 aromatic heterocycles. The van der Waals surface area contributed by atoms with Gasteiger partial charge in [-0.15, -0.1) is 0 Å². The Morgan fingerprint density at radius 3 is 1.87 bits per heavy atom. The lowest BCUT2D eigenvalue weighted by molar-refractivity contribution is 0.620. The first-order chi connectivity index (χ1) is 11.2. The molecular weight excluding hydrogens is 287 g/mol. The summed E-state index contributed by atoms with van der Waals surface area (Å²) < 4.78 is 13.8. The summed E-state index contributed by atoms with van der Waals surface area (Å²) in [5, 5.41) is 20.1. The van der Waals surface area contributed by atoms with Gasteiger partial charge in [-0.3, -0.25) is 0 Å². The van der Waals surface area contributed by atoms with E-state index >= 15 is 0 Å². The first kappa shape index (κ1) is 16.2. The summed E-state index contributed by atoms with van der Waals surface area (Å²) in [6.07, 6.45) is 0. The first-order valence-electron chi connectivity index (χ1n) is 7.36. The van der Waals surface area contributed by atoms with Crippen LogP contribution in [0.3, 0.4) is 0 Å². The number of halogens is 1. The van der Waals surface area contributed by atoms with Crippen LogP contribution >= 0.6 is 0 Å². The van der Waals surface area contributed by atoms with Gasteiger partial charge in [0.15, 0.2) is 5.82 Å². The maximum Gasteiger partial charge on any atom is 0.158 e. The van der Waals surface area contributed by atoms with Gasteiger partial charge in [-0.05, 0) is 40.1 Å². The lowest BCUT2D eigenvalue weighted by Crippen LogP contribution is -1.92. The quantitative estimate of drug-likeness (QED) is 0.603. The molecule has 0 aliphatic carbocycles. The van der Waals surface area contributed by atoms with Crippen molar-refractivity contribution in [2.75, 3.05) is 0 Å². The average molecular weight is 302 g/mol. The fourth-order valence-electron chi connectivity index (χ4n) is 2.32. The summed E-state index contributed by atoms with van der Waals surface area (Å²) in [6.45, 7) is 4.00. The summed E-state index contributed by atoms with van der Waals surface area (Å²) in [6, 6.07) is 20.2. The third-order valence-corrected chi connectivity index (χ3v) is 3.40. The predicted molar refractivity (Wildman–Crippen MR) is 90.1 cm³/mol. The maximum atomic E-state index is 13.8. The molecule has 0 aliphatic rings. The standard InChI is InChI=1S/C18H9FN2.C2H6/c19-18-16(10-20)8-15(9-17(18)11-21)14-6-5-12-3-1-2-4-13(12)7-14;1-2/h1-9H;1-2H3. The molecule has 0 fully saturated rings. The van der Waals surface area contributed by atoms with Crippen LogP contribution in [0.25, 0.3) is 21.9 Å².